The lowest BCUT2D eigenvalue weighted by Gasteiger charge is -2.33. The number of amides is 2. The van der Waals surface area contributed by atoms with E-state index in [0.29, 0.717) is 55.1 Å². The first kappa shape index (κ1) is 24.2. The number of halogens is 2. The first-order chi connectivity index (χ1) is 15.4. The van der Waals surface area contributed by atoms with Crippen LogP contribution in [-0.2, 0) is 16.0 Å². The minimum atomic E-state index is -2.55. The van der Waals surface area contributed by atoms with E-state index in [0.717, 1.165) is 17.7 Å². The molecule has 3 rings (SSSR count). The Labute approximate surface area is 191 Å². The maximum atomic E-state index is 12.7. The summed E-state index contributed by atoms with van der Waals surface area (Å²) in [5.41, 5.74) is 2.34. The zero-order valence-electron chi connectivity index (χ0n) is 18.0. The lowest BCUT2D eigenvalue weighted by Crippen LogP contribution is -2.50. The van der Waals surface area contributed by atoms with Gasteiger partial charge in [0.15, 0.2) is 0 Å². The Bertz CT molecular complexity index is 920. The number of thioether (sulfide) groups is 1. The van der Waals surface area contributed by atoms with Gasteiger partial charge in [0, 0.05) is 36.8 Å². The molecule has 0 saturated carbocycles. The molecular formula is C23H28F2N4O2S. The Morgan fingerprint density at radius 1 is 0.875 bits per heavy atom. The molecule has 2 aromatic carbocycles. The number of benzene rings is 2. The molecule has 1 fully saturated rings. The second-order valence-corrected chi connectivity index (χ2v) is 8.57. The second kappa shape index (κ2) is 11.9. The number of rotatable bonds is 9. The number of hydrogen-bond donors (Lipinski definition) is 2. The summed E-state index contributed by atoms with van der Waals surface area (Å²) in [5, 5.41) is 5.72. The van der Waals surface area contributed by atoms with E-state index >= 15 is 0 Å². The Morgan fingerprint density at radius 3 is 1.94 bits per heavy atom. The number of nitrogens with one attached hydrogen (secondary N) is 2. The van der Waals surface area contributed by atoms with Crippen molar-refractivity contribution in [2.45, 2.75) is 24.0 Å². The molecule has 1 heterocycles. The van der Waals surface area contributed by atoms with Crippen LogP contribution in [0.15, 0.2) is 53.4 Å². The van der Waals surface area contributed by atoms with E-state index in [9.17, 15) is 18.4 Å². The predicted octanol–water partition coefficient (Wildman–Crippen LogP) is 3.76. The van der Waals surface area contributed by atoms with Gasteiger partial charge >= 0.3 is 0 Å². The third kappa shape index (κ3) is 7.29. The SMILES string of the molecule is CCc1ccccc1NC(=O)CN1CCN(CC(=O)Nc2ccccc2SC(F)F)CC1. The number of para-hydroxylation sites is 2. The van der Waals surface area contributed by atoms with E-state index in [4.69, 9.17) is 0 Å². The van der Waals surface area contributed by atoms with Crippen molar-refractivity contribution in [1.29, 1.82) is 0 Å². The largest absolute Gasteiger partial charge is 0.325 e. The van der Waals surface area contributed by atoms with Crippen LogP contribution < -0.4 is 10.6 Å². The summed E-state index contributed by atoms with van der Waals surface area (Å²) < 4.78 is 25.4. The fourth-order valence-electron chi connectivity index (χ4n) is 3.61. The Balaban J connectivity index is 1.43. The summed E-state index contributed by atoms with van der Waals surface area (Å²) in [7, 11) is 0. The molecule has 0 radical (unpaired) electrons. The summed E-state index contributed by atoms with van der Waals surface area (Å²) in [5.74, 6) is -2.84. The normalized spacial score (nSPS) is 15.0. The van der Waals surface area contributed by atoms with Gasteiger partial charge in [-0.15, -0.1) is 0 Å². The number of carbonyl (C=O) groups is 2. The maximum Gasteiger partial charge on any atom is 0.288 e. The molecule has 0 bridgehead atoms. The Kier molecular flexibility index (Phi) is 9.01. The van der Waals surface area contributed by atoms with Crippen molar-refractivity contribution in [2.75, 3.05) is 49.9 Å². The average Bonchev–Trinajstić information content (AvgIpc) is 2.76. The molecule has 32 heavy (non-hydrogen) atoms. The van der Waals surface area contributed by atoms with Crippen molar-refractivity contribution in [2.24, 2.45) is 0 Å². The summed E-state index contributed by atoms with van der Waals surface area (Å²) >= 11 is 0.416. The van der Waals surface area contributed by atoms with Crippen LogP contribution in [0.3, 0.4) is 0 Å². The quantitative estimate of drug-likeness (QED) is 0.556. The molecule has 2 N–H and O–H groups in total. The minimum absolute atomic E-state index is 0.0507. The lowest BCUT2D eigenvalue weighted by atomic mass is 10.1. The maximum absolute atomic E-state index is 12.7. The predicted molar refractivity (Wildman–Crippen MR) is 124 cm³/mol. The molecule has 2 amide bonds. The lowest BCUT2D eigenvalue weighted by molar-refractivity contribution is -0.120. The van der Waals surface area contributed by atoms with Gasteiger partial charge in [-0.2, -0.15) is 8.78 Å². The summed E-state index contributed by atoms with van der Waals surface area (Å²) in [4.78, 5) is 29.3. The number of alkyl halides is 2. The van der Waals surface area contributed by atoms with Gasteiger partial charge in [-0.3, -0.25) is 19.4 Å². The molecular weight excluding hydrogens is 434 g/mol. The van der Waals surface area contributed by atoms with Crippen molar-refractivity contribution in [1.82, 2.24) is 9.80 Å². The van der Waals surface area contributed by atoms with Crippen LogP contribution in [-0.4, -0.2) is 66.6 Å². The van der Waals surface area contributed by atoms with Gasteiger partial charge in [0.1, 0.15) is 0 Å². The van der Waals surface area contributed by atoms with Crippen LogP contribution >= 0.6 is 11.8 Å². The van der Waals surface area contributed by atoms with Crippen molar-refractivity contribution < 1.29 is 18.4 Å². The number of carbonyl (C=O) groups excluding carboxylic acids is 2. The van der Waals surface area contributed by atoms with Crippen molar-refractivity contribution in [3.8, 4) is 0 Å². The van der Waals surface area contributed by atoms with E-state index in [1.807, 2.05) is 29.2 Å². The van der Waals surface area contributed by atoms with Crippen LogP contribution in [0.2, 0.25) is 0 Å². The van der Waals surface area contributed by atoms with Crippen LogP contribution in [0.25, 0.3) is 0 Å². The molecule has 0 spiro atoms. The number of nitrogens with zero attached hydrogens (tertiary/aromatic N) is 2. The fourth-order valence-corrected chi connectivity index (χ4v) is 4.21. The highest BCUT2D eigenvalue weighted by Gasteiger charge is 2.21. The van der Waals surface area contributed by atoms with Gasteiger partial charge in [-0.1, -0.05) is 49.0 Å². The molecule has 0 atom stereocenters. The van der Waals surface area contributed by atoms with Crippen LogP contribution in [0, 0.1) is 0 Å². The zero-order chi connectivity index (χ0) is 22.9. The van der Waals surface area contributed by atoms with E-state index in [-0.39, 0.29) is 18.4 Å². The molecule has 2 aromatic rings. The number of anilines is 2. The highest BCUT2D eigenvalue weighted by molar-refractivity contribution is 7.99. The van der Waals surface area contributed by atoms with Crippen LogP contribution in [0.5, 0.6) is 0 Å². The Morgan fingerprint density at radius 2 is 1.38 bits per heavy atom. The van der Waals surface area contributed by atoms with E-state index < -0.39 is 5.76 Å². The number of piperazine rings is 1. The fraction of sp³-hybridized carbons (Fsp3) is 0.391. The van der Waals surface area contributed by atoms with E-state index in [1.54, 1.807) is 24.3 Å². The molecule has 0 aromatic heterocycles. The molecule has 6 nitrogen and oxygen atoms in total. The summed E-state index contributed by atoms with van der Waals surface area (Å²) in [6, 6.07) is 14.3. The summed E-state index contributed by atoms with van der Waals surface area (Å²) in [6.07, 6.45) is 0.850. The second-order valence-electron chi connectivity index (χ2n) is 7.53. The summed E-state index contributed by atoms with van der Waals surface area (Å²) in [6.45, 7) is 5.19. The monoisotopic (exact) mass is 462 g/mol. The first-order valence-corrected chi connectivity index (χ1v) is 11.5. The third-order valence-electron chi connectivity index (χ3n) is 5.25. The average molecular weight is 463 g/mol. The van der Waals surface area contributed by atoms with Gasteiger partial charge in [0.2, 0.25) is 11.8 Å². The van der Waals surface area contributed by atoms with Crippen molar-refractivity contribution in [3.05, 3.63) is 54.1 Å². The smallest absolute Gasteiger partial charge is 0.288 e. The molecule has 1 aliphatic heterocycles. The minimum Gasteiger partial charge on any atom is -0.325 e. The van der Waals surface area contributed by atoms with Crippen molar-refractivity contribution >= 4 is 35.0 Å². The zero-order valence-corrected chi connectivity index (χ0v) is 18.8. The standard InChI is InChI=1S/C23H28F2N4O2S/c1-2-17-7-3-4-8-18(17)26-21(30)15-28-11-13-29(14-12-28)16-22(31)27-19-9-5-6-10-20(19)32-23(24)25/h3-10,23H,2,11-16H2,1H3,(H,26,30)(H,27,31). The van der Waals surface area contributed by atoms with E-state index in [1.165, 1.54) is 0 Å². The van der Waals surface area contributed by atoms with Gasteiger partial charge in [-0.05, 0) is 30.2 Å². The highest BCUT2D eigenvalue weighted by atomic mass is 32.2. The third-order valence-corrected chi connectivity index (χ3v) is 6.04. The van der Waals surface area contributed by atoms with Gasteiger partial charge in [0.05, 0.1) is 18.8 Å². The van der Waals surface area contributed by atoms with Crippen LogP contribution in [0.4, 0.5) is 20.2 Å². The van der Waals surface area contributed by atoms with Gasteiger partial charge in [0.25, 0.3) is 5.76 Å². The molecule has 0 unspecified atom stereocenters. The van der Waals surface area contributed by atoms with Crippen molar-refractivity contribution in [3.63, 3.8) is 0 Å². The Hall–Kier alpha value is -2.49. The van der Waals surface area contributed by atoms with Gasteiger partial charge < -0.3 is 10.6 Å². The molecule has 1 aliphatic rings. The highest BCUT2D eigenvalue weighted by Crippen LogP contribution is 2.31. The van der Waals surface area contributed by atoms with Crippen LogP contribution in [0.1, 0.15) is 12.5 Å². The molecule has 172 valence electrons. The molecule has 0 aliphatic carbocycles. The molecule has 9 heteroatoms. The first-order valence-electron chi connectivity index (χ1n) is 10.6. The topological polar surface area (TPSA) is 64.7 Å². The van der Waals surface area contributed by atoms with E-state index in [2.05, 4.69) is 22.5 Å². The number of hydrogen-bond acceptors (Lipinski definition) is 5. The number of aryl methyl sites for hydroxylation is 1. The van der Waals surface area contributed by atoms with Gasteiger partial charge in [-0.25, -0.2) is 0 Å². The molecule has 1 saturated heterocycles.